The predicted octanol–water partition coefficient (Wildman–Crippen LogP) is 5.26. The number of nitrogens with zero attached hydrogens (tertiary/aromatic N) is 5. The lowest BCUT2D eigenvalue weighted by atomic mass is 10.0. The topological polar surface area (TPSA) is 70.8 Å². The first-order valence-corrected chi connectivity index (χ1v) is 12.8. The second kappa shape index (κ2) is 9.98. The first-order chi connectivity index (χ1) is 18.7. The van der Waals surface area contributed by atoms with Crippen molar-refractivity contribution in [1.29, 1.82) is 0 Å². The number of carbonyl (C=O) groups is 2. The molecule has 0 N–H and O–H groups in total. The van der Waals surface area contributed by atoms with Crippen LogP contribution in [0, 0.1) is 0 Å². The van der Waals surface area contributed by atoms with Gasteiger partial charge in [-0.25, -0.2) is 0 Å². The number of aromatic nitrogens is 2. The van der Waals surface area contributed by atoms with E-state index in [1.807, 2.05) is 0 Å². The Bertz CT molecular complexity index is 1580. The Morgan fingerprint density at radius 3 is 2.48 bits per heavy atom. The number of likely N-dealkylation sites (N-methyl/N-ethyl adjacent to an activating group) is 1. The van der Waals surface area contributed by atoms with Crippen LogP contribution in [0.15, 0.2) is 52.5 Å². The molecule has 1 unspecified atom stereocenters. The Morgan fingerprint density at radius 1 is 1.02 bits per heavy atom. The predicted molar refractivity (Wildman–Crippen MR) is 137 cm³/mol. The second-order valence-electron chi connectivity index (χ2n) is 9.43. The number of benzene rings is 2. The van der Waals surface area contributed by atoms with Gasteiger partial charge in [0.2, 0.25) is 5.91 Å². The number of carbonyl (C=O) groups excluding carboxylic acids is 2. The van der Waals surface area contributed by atoms with Gasteiger partial charge in [-0.2, -0.15) is 36.4 Å². The van der Waals surface area contributed by atoms with Gasteiger partial charge in [-0.1, -0.05) is 12.1 Å². The smallest absolute Gasteiger partial charge is 0.342 e. The number of amidine groups is 1. The molecule has 2 aliphatic rings. The van der Waals surface area contributed by atoms with Gasteiger partial charge in [0.05, 0.1) is 34.3 Å². The van der Waals surface area contributed by atoms with Crippen LogP contribution in [0.2, 0.25) is 0 Å². The van der Waals surface area contributed by atoms with Gasteiger partial charge < -0.3 is 9.80 Å². The van der Waals surface area contributed by atoms with Crippen molar-refractivity contribution in [1.82, 2.24) is 19.6 Å². The minimum absolute atomic E-state index is 0.0689. The number of aliphatic imine (C=N–C) groups is 1. The van der Waals surface area contributed by atoms with E-state index in [1.165, 1.54) is 10.9 Å². The van der Waals surface area contributed by atoms with Crippen LogP contribution < -0.4 is 0 Å². The Kier molecular flexibility index (Phi) is 6.92. The molecular formula is C26H21F6N5O2S. The van der Waals surface area contributed by atoms with Crippen molar-refractivity contribution >= 4 is 45.7 Å². The SMILES string of the molecule is CC1C(=O)N(C)CCN1C1=NC(=O)C(=Cc2ccc3c(cnn3Cc3ccc(C(F)(F)F)cc3C(F)(F)F)c2)S1. The summed E-state index contributed by atoms with van der Waals surface area (Å²) >= 11 is 1.16. The highest BCUT2D eigenvalue weighted by atomic mass is 32.2. The molecule has 2 aromatic carbocycles. The molecule has 40 heavy (non-hydrogen) atoms. The van der Waals surface area contributed by atoms with Gasteiger partial charge in [0, 0.05) is 25.5 Å². The maximum atomic E-state index is 13.6. The van der Waals surface area contributed by atoms with Crippen LogP contribution in [0.5, 0.6) is 0 Å². The zero-order valence-electron chi connectivity index (χ0n) is 21.0. The number of halogens is 6. The highest BCUT2D eigenvalue weighted by Crippen LogP contribution is 2.38. The van der Waals surface area contributed by atoms with E-state index in [2.05, 4.69) is 10.1 Å². The third kappa shape index (κ3) is 5.31. The van der Waals surface area contributed by atoms with Crippen molar-refractivity contribution < 1.29 is 35.9 Å². The number of piperazine rings is 1. The third-order valence-electron chi connectivity index (χ3n) is 6.76. The zero-order chi connectivity index (χ0) is 29.0. The van der Waals surface area contributed by atoms with E-state index in [0.717, 1.165) is 17.8 Å². The Morgan fingerprint density at radius 2 is 1.77 bits per heavy atom. The van der Waals surface area contributed by atoms with E-state index in [1.54, 1.807) is 48.0 Å². The molecule has 2 amide bonds. The quantitative estimate of drug-likeness (QED) is 0.312. The first-order valence-electron chi connectivity index (χ1n) is 12.0. The van der Waals surface area contributed by atoms with Crippen LogP contribution in [0.4, 0.5) is 26.3 Å². The zero-order valence-corrected chi connectivity index (χ0v) is 21.9. The summed E-state index contributed by atoms with van der Waals surface area (Å²) in [6, 6.07) is 6.03. The third-order valence-corrected chi connectivity index (χ3v) is 7.78. The van der Waals surface area contributed by atoms with Crippen molar-refractivity contribution in [3.05, 3.63) is 69.8 Å². The van der Waals surface area contributed by atoms with Gasteiger partial charge in [0.25, 0.3) is 5.91 Å². The standard InChI is InChI=1S/C26H21F6N5O2S/c1-14-23(39)35(2)7-8-36(14)24-34-22(38)21(40-24)10-15-3-6-20-17(9-15)12-33-37(20)13-16-4-5-18(25(27,28)29)11-19(16)26(30,31)32/h3-6,9-12,14H,7-8,13H2,1-2H3. The van der Waals surface area contributed by atoms with E-state index in [9.17, 15) is 35.9 Å². The Hall–Kier alpha value is -3.81. The van der Waals surface area contributed by atoms with Crippen molar-refractivity contribution in [3.63, 3.8) is 0 Å². The molecule has 210 valence electrons. The van der Waals surface area contributed by atoms with E-state index < -0.39 is 42.0 Å². The number of fused-ring (bicyclic) bond motifs is 1. The molecule has 0 radical (unpaired) electrons. The fourth-order valence-electron chi connectivity index (χ4n) is 4.58. The molecule has 14 heteroatoms. The number of amides is 2. The van der Waals surface area contributed by atoms with Gasteiger partial charge in [0.1, 0.15) is 6.04 Å². The summed E-state index contributed by atoms with van der Waals surface area (Å²) in [6.07, 6.45) is -6.84. The highest BCUT2D eigenvalue weighted by Gasteiger charge is 2.38. The average Bonchev–Trinajstić information content (AvgIpc) is 3.44. The fraction of sp³-hybridized carbons (Fsp3) is 0.308. The van der Waals surface area contributed by atoms with E-state index in [4.69, 9.17) is 0 Å². The van der Waals surface area contributed by atoms with Crippen LogP contribution in [-0.2, 0) is 28.5 Å². The van der Waals surface area contributed by atoms with Gasteiger partial charge in [-0.3, -0.25) is 14.3 Å². The first kappa shape index (κ1) is 27.7. The molecular weight excluding hydrogens is 560 g/mol. The van der Waals surface area contributed by atoms with Crippen molar-refractivity contribution in [3.8, 4) is 0 Å². The maximum Gasteiger partial charge on any atom is 0.416 e. The molecule has 5 rings (SSSR count). The Balaban J connectivity index is 1.37. The monoisotopic (exact) mass is 581 g/mol. The maximum absolute atomic E-state index is 13.6. The van der Waals surface area contributed by atoms with Crippen molar-refractivity contribution in [2.24, 2.45) is 4.99 Å². The molecule has 0 bridgehead atoms. The van der Waals surface area contributed by atoms with Crippen LogP contribution >= 0.6 is 11.8 Å². The highest BCUT2D eigenvalue weighted by molar-refractivity contribution is 8.18. The number of hydrogen-bond donors (Lipinski definition) is 0. The van der Waals surface area contributed by atoms with Crippen LogP contribution in [0.3, 0.4) is 0 Å². The van der Waals surface area contributed by atoms with Crippen LogP contribution in [-0.4, -0.2) is 62.7 Å². The number of rotatable bonds is 3. The Labute approximate surface area is 228 Å². The summed E-state index contributed by atoms with van der Waals surface area (Å²) in [4.78, 5) is 32.8. The van der Waals surface area contributed by atoms with E-state index >= 15 is 0 Å². The summed E-state index contributed by atoms with van der Waals surface area (Å²) in [7, 11) is 1.72. The summed E-state index contributed by atoms with van der Waals surface area (Å²) < 4.78 is 81.0. The molecule has 0 aliphatic carbocycles. The largest absolute Gasteiger partial charge is 0.416 e. The summed E-state index contributed by atoms with van der Waals surface area (Å²) in [6.45, 7) is 2.40. The molecule has 0 spiro atoms. The van der Waals surface area contributed by atoms with Gasteiger partial charge >= 0.3 is 12.4 Å². The lowest BCUT2D eigenvalue weighted by Crippen LogP contribution is -2.55. The fourth-order valence-corrected chi connectivity index (χ4v) is 5.60. The molecule has 1 saturated heterocycles. The molecule has 3 aromatic rings. The lowest BCUT2D eigenvalue weighted by Gasteiger charge is -2.37. The van der Waals surface area contributed by atoms with E-state index in [-0.39, 0.29) is 17.5 Å². The number of alkyl halides is 6. The number of hydrogen-bond acceptors (Lipinski definition) is 5. The van der Waals surface area contributed by atoms with Gasteiger partial charge in [-0.05, 0) is 60.2 Å². The van der Waals surface area contributed by atoms with E-state index in [0.29, 0.717) is 45.7 Å². The normalized spacial score (nSPS) is 19.8. The minimum Gasteiger partial charge on any atom is -0.342 e. The molecule has 1 aromatic heterocycles. The average molecular weight is 582 g/mol. The summed E-state index contributed by atoms with van der Waals surface area (Å²) in [5.41, 5.74) is -2.04. The lowest BCUT2D eigenvalue weighted by molar-refractivity contribution is -0.143. The molecule has 1 fully saturated rings. The molecule has 7 nitrogen and oxygen atoms in total. The van der Waals surface area contributed by atoms with Gasteiger partial charge in [0.15, 0.2) is 5.17 Å². The molecule has 0 saturated carbocycles. The summed E-state index contributed by atoms with van der Waals surface area (Å²) in [5.74, 6) is -0.517. The van der Waals surface area contributed by atoms with Crippen molar-refractivity contribution in [2.75, 3.05) is 20.1 Å². The van der Waals surface area contributed by atoms with Crippen LogP contribution in [0.1, 0.15) is 29.2 Å². The molecule has 3 heterocycles. The van der Waals surface area contributed by atoms with Crippen molar-refractivity contribution in [2.45, 2.75) is 31.9 Å². The second-order valence-corrected chi connectivity index (χ2v) is 10.4. The van der Waals surface area contributed by atoms with Gasteiger partial charge in [-0.15, -0.1) is 0 Å². The molecule has 1 atom stereocenters. The summed E-state index contributed by atoms with van der Waals surface area (Å²) in [5, 5.41) is 5.14. The minimum atomic E-state index is -4.99. The van der Waals surface area contributed by atoms with Crippen LogP contribution in [0.25, 0.3) is 17.0 Å². The molecule has 2 aliphatic heterocycles. The number of thioether (sulfide) groups is 1.